The monoisotopic (exact) mass is 407 g/mol. The molecule has 2 aromatic carbocycles. The second-order valence-electron chi connectivity index (χ2n) is 6.96. The highest BCUT2D eigenvalue weighted by Crippen LogP contribution is 2.37. The van der Waals surface area contributed by atoms with Gasteiger partial charge in [-0.1, -0.05) is 0 Å². The normalized spacial score (nSPS) is 19.8. The van der Waals surface area contributed by atoms with E-state index in [1.54, 1.807) is 12.1 Å². The van der Waals surface area contributed by atoms with Gasteiger partial charge in [-0.3, -0.25) is 4.79 Å². The molecule has 1 amide bonds. The third-order valence-electron chi connectivity index (χ3n) is 5.48. The first-order chi connectivity index (χ1) is 13.3. The number of nitrogens with zero attached hydrogens (tertiary/aromatic N) is 2. The van der Waals surface area contributed by atoms with Crippen LogP contribution in [0.15, 0.2) is 53.4 Å². The number of carbonyl (C=O) groups excluding carboxylic acids is 1. The molecule has 0 atom stereocenters. The average Bonchev–Trinajstić information content (AvgIpc) is 2.99. The summed E-state index contributed by atoms with van der Waals surface area (Å²) in [5.41, 5.74) is -0.165. The summed E-state index contributed by atoms with van der Waals surface area (Å²) in [6, 6.07) is 10.6. The number of rotatable bonds is 3. The molecule has 0 unspecified atom stereocenters. The Hall–Kier alpha value is -2.52. The predicted molar refractivity (Wildman–Crippen MR) is 99.0 cm³/mol. The second kappa shape index (κ2) is 6.82. The first-order valence-electron chi connectivity index (χ1n) is 8.90. The lowest BCUT2D eigenvalue weighted by Gasteiger charge is -2.42. The van der Waals surface area contributed by atoms with E-state index in [1.165, 1.54) is 28.6 Å². The van der Waals surface area contributed by atoms with E-state index in [4.69, 9.17) is 0 Å². The number of halogens is 2. The maximum absolute atomic E-state index is 13.3. The molecule has 0 radical (unpaired) electrons. The van der Waals surface area contributed by atoms with Crippen LogP contribution in [0.4, 0.5) is 14.5 Å². The fraction of sp³-hybridized carbons (Fsp3) is 0.316. The van der Waals surface area contributed by atoms with Gasteiger partial charge in [0.25, 0.3) is 0 Å². The van der Waals surface area contributed by atoms with Crippen molar-refractivity contribution in [3.63, 3.8) is 0 Å². The zero-order valence-corrected chi connectivity index (χ0v) is 15.8. The lowest BCUT2D eigenvalue weighted by atomic mass is 9.86. The van der Waals surface area contributed by atoms with E-state index in [1.807, 2.05) is 4.90 Å². The van der Waals surface area contributed by atoms with Gasteiger partial charge in [0, 0.05) is 18.8 Å². The highest BCUT2D eigenvalue weighted by molar-refractivity contribution is 7.89. The summed E-state index contributed by atoms with van der Waals surface area (Å²) in [7, 11) is -3.76. The highest BCUT2D eigenvalue weighted by Gasteiger charge is 2.51. The minimum Gasteiger partial charge on any atom is -0.339 e. The Labute approximate surface area is 161 Å². The van der Waals surface area contributed by atoms with Gasteiger partial charge in [-0.25, -0.2) is 17.2 Å². The number of nitrogens with one attached hydrogen (secondary N) is 1. The smallest absolute Gasteiger partial charge is 0.247 e. The number of benzene rings is 2. The molecule has 0 aromatic heterocycles. The van der Waals surface area contributed by atoms with Crippen LogP contribution in [0, 0.1) is 11.6 Å². The molecule has 28 heavy (non-hydrogen) atoms. The van der Waals surface area contributed by atoms with Crippen molar-refractivity contribution < 1.29 is 22.0 Å². The molecule has 1 spiro atoms. The third kappa shape index (κ3) is 3.04. The number of amides is 1. The van der Waals surface area contributed by atoms with Gasteiger partial charge in [-0.2, -0.15) is 4.31 Å². The first kappa shape index (κ1) is 18.8. The Bertz CT molecular complexity index is 986. The molecule has 2 heterocycles. The molecule has 4 rings (SSSR count). The second-order valence-corrected chi connectivity index (χ2v) is 8.90. The Morgan fingerprint density at radius 1 is 0.893 bits per heavy atom. The molecule has 0 bridgehead atoms. The minimum atomic E-state index is -3.76. The van der Waals surface area contributed by atoms with Crippen molar-refractivity contribution in [3.8, 4) is 0 Å². The number of hydrogen-bond acceptors (Lipinski definition) is 4. The van der Waals surface area contributed by atoms with Crippen LogP contribution in [0.2, 0.25) is 0 Å². The van der Waals surface area contributed by atoms with E-state index >= 15 is 0 Å². The van der Waals surface area contributed by atoms with Crippen LogP contribution < -0.4 is 10.2 Å². The average molecular weight is 407 g/mol. The molecule has 148 valence electrons. The van der Waals surface area contributed by atoms with E-state index in [9.17, 15) is 22.0 Å². The van der Waals surface area contributed by atoms with E-state index in [-0.39, 0.29) is 36.4 Å². The molecular formula is C19H19F2N3O3S. The van der Waals surface area contributed by atoms with Crippen molar-refractivity contribution >= 4 is 21.6 Å². The van der Waals surface area contributed by atoms with Gasteiger partial charge in [0.05, 0.1) is 11.6 Å². The van der Waals surface area contributed by atoms with Crippen LogP contribution in [0.25, 0.3) is 0 Å². The summed E-state index contributed by atoms with van der Waals surface area (Å²) in [5.74, 6) is -1.03. The molecule has 2 aromatic rings. The summed E-state index contributed by atoms with van der Waals surface area (Å²) >= 11 is 0. The van der Waals surface area contributed by atoms with Crippen molar-refractivity contribution in [2.24, 2.45) is 0 Å². The molecule has 0 saturated carbocycles. The summed E-state index contributed by atoms with van der Waals surface area (Å²) in [4.78, 5) is 14.5. The van der Waals surface area contributed by atoms with Crippen LogP contribution in [0.1, 0.15) is 12.8 Å². The van der Waals surface area contributed by atoms with Crippen LogP contribution in [0.5, 0.6) is 0 Å². The Morgan fingerprint density at radius 3 is 2.00 bits per heavy atom. The number of piperidine rings is 1. The van der Waals surface area contributed by atoms with Gasteiger partial charge in [0.1, 0.15) is 17.2 Å². The molecule has 6 nitrogen and oxygen atoms in total. The first-order valence-corrected chi connectivity index (χ1v) is 10.3. The van der Waals surface area contributed by atoms with Crippen LogP contribution in [-0.2, 0) is 14.8 Å². The standard InChI is InChI=1S/C19H19F2N3O3S/c20-14-1-5-16(6-2-14)24-13-22-18(25)19(24)9-11-23(12-10-19)28(26,27)17-7-3-15(21)4-8-17/h1-8H,9-13H2,(H,22,25). The van der Waals surface area contributed by atoms with Crippen LogP contribution in [-0.4, -0.2) is 43.9 Å². The summed E-state index contributed by atoms with van der Waals surface area (Å²) in [6.45, 7) is 0.602. The SMILES string of the molecule is O=C1NCN(c2ccc(F)cc2)C12CCN(S(=O)(=O)c1ccc(F)cc1)CC2. The van der Waals surface area contributed by atoms with Crippen molar-refractivity contribution in [2.45, 2.75) is 23.3 Å². The fourth-order valence-corrected chi connectivity index (χ4v) is 5.34. The Morgan fingerprint density at radius 2 is 1.43 bits per heavy atom. The van der Waals surface area contributed by atoms with Crippen LogP contribution >= 0.6 is 0 Å². The third-order valence-corrected chi connectivity index (χ3v) is 7.39. The van der Waals surface area contributed by atoms with Gasteiger partial charge in [0.15, 0.2) is 0 Å². The number of hydrogen-bond donors (Lipinski definition) is 1. The van der Waals surface area contributed by atoms with E-state index in [0.29, 0.717) is 18.5 Å². The number of anilines is 1. The quantitative estimate of drug-likeness (QED) is 0.846. The molecule has 2 aliphatic heterocycles. The van der Waals surface area contributed by atoms with Crippen molar-refractivity contribution in [1.82, 2.24) is 9.62 Å². The molecule has 1 N–H and O–H groups in total. The Balaban J connectivity index is 1.57. The van der Waals surface area contributed by atoms with Gasteiger partial charge in [0.2, 0.25) is 15.9 Å². The lowest BCUT2D eigenvalue weighted by Crippen LogP contribution is -2.57. The van der Waals surface area contributed by atoms with Crippen LogP contribution in [0.3, 0.4) is 0 Å². The zero-order valence-electron chi connectivity index (χ0n) is 14.9. The molecule has 2 saturated heterocycles. The molecular weight excluding hydrogens is 388 g/mol. The number of carbonyl (C=O) groups is 1. The van der Waals surface area contributed by atoms with Crippen molar-refractivity contribution in [1.29, 1.82) is 0 Å². The molecule has 9 heteroatoms. The van der Waals surface area contributed by atoms with Crippen molar-refractivity contribution in [3.05, 3.63) is 60.2 Å². The minimum absolute atomic E-state index is 0.0242. The zero-order chi connectivity index (χ0) is 19.9. The van der Waals surface area contributed by atoms with Crippen molar-refractivity contribution in [2.75, 3.05) is 24.7 Å². The highest BCUT2D eigenvalue weighted by atomic mass is 32.2. The van der Waals surface area contributed by atoms with E-state index < -0.39 is 21.4 Å². The maximum Gasteiger partial charge on any atom is 0.247 e. The lowest BCUT2D eigenvalue weighted by molar-refractivity contribution is -0.124. The fourth-order valence-electron chi connectivity index (χ4n) is 3.90. The summed E-state index contributed by atoms with van der Waals surface area (Å²) in [5, 5.41) is 2.82. The molecule has 0 aliphatic carbocycles. The van der Waals surface area contributed by atoms with E-state index in [2.05, 4.69) is 5.32 Å². The molecule has 2 fully saturated rings. The topological polar surface area (TPSA) is 69.7 Å². The predicted octanol–water partition coefficient (Wildman–Crippen LogP) is 2.08. The molecule has 2 aliphatic rings. The van der Waals surface area contributed by atoms with Gasteiger partial charge < -0.3 is 10.2 Å². The summed E-state index contributed by atoms with van der Waals surface area (Å²) < 4.78 is 53.3. The van der Waals surface area contributed by atoms with Gasteiger partial charge in [-0.05, 0) is 61.4 Å². The van der Waals surface area contributed by atoms with Gasteiger partial charge in [-0.15, -0.1) is 0 Å². The number of sulfonamides is 1. The Kier molecular flexibility index (Phi) is 4.59. The summed E-state index contributed by atoms with van der Waals surface area (Å²) in [6.07, 6.45) is 0.604. The maximum atomic E-state index is 13.3. The van der Waals surface area contributed by atoms with Gasteiger partial charge >= 0.3 is 0 Å². The largest absolute Gasteiger partial charge is 0.339 e. The van der Waals surface area contributed by atoms with E-state index in [0.717, 1.165) is 12.1 Å².